The molecule has 0 saturated carbocycles. The summed E-state index contributed by atoms with van der Waals surface area (Å²) in [6.07, 6.45) is 0.799. The van der Waals surface area contributed by atoms with Gasteiger partial charge in [0.25, 0.3) is 5.91 Å². The minimum Gasteiger partial charge on any atom is -0.469 e. The van der Waals surface area contributed by atoms with Crippen LogP contribution in [0.4, 0.5) is 0 Å². The van der Waals surface area contributed by atoms with Gasteiger partial charge in [-0.15, -0.1) is 0 Å². The van der Waals surface area contributed by atoms with Gasteiger partial charge in [-0.1, -0.05) is 91.0 Å². The number of likely N-dealkylation sites (N-methyl/N-ethyl adjacent to an activating group) is 1. The Kier molecular flexibility index (Phi) is 8.90. The molecule has 6 heteroatoms. The van der Waals surface area contributed by atoms with Crippen LogP contribution in [0.5, 0.6) is 0 Å². The van der Waals surface area contributed by atoms with Crippen LogP contribution in [0.3, 0.4) is 0 Å². The number of nitrogen functional groups attached to an aromatic ring is 1. The molecule has 0 radical (unpaired) electrons. The number of nitrogens with two attached hydrogens (primary N) is 1. The fourth-order valence-electron chi connectivity index (χ4n) is 4.84. The summed E-state index contributed by atoms with van der Waals surface area (Å²) in [7, 11) is 3.11. The summed E-state index contributed by atoms with van der Waals surface area (Å²) in [4.78, 5) is 28.6. The highest BCUT2D eigenvalue weighted by molar-refractivity contribution is 5.96. The summed E-state index contributed by atoms with van der Waals surface area (Å²) >= 11 is 0. The molecule has 4 aromatic carbocycles. The molecular formula is C33H33N3O3. The number of ether oxygens (including phenoxy) is 1. The largest absolute Gasteiger partial charge is 0.469 e. The number of benzene rings is 4. The monoisotopic (exact) mass is 519 g/mol. The fraction of sp³-hybridized carbons (Fsp3) is 0.182. The predicted octanol–water partition coefficient (Wildman–Crippen LogP) is 5.35. The molecule has 4 rings (SSSR count). The van der Waals surface area contributed by atoms with Crippen LogP contribution in [0.15, 0.2) is 109 Å². The first kappa shape index (κ1) is 27.3. The molecule has 4 aromatic rings. The molecule has 3 N–H and O–H groups in total. The van der Waals surface area contributed by atoms with E-state index < -0.39 is 17.9 Å². The SMILES string of the molecule is COC(=O)C(Cc1cccc(C(=N)N)c1)C(Cc1ccccc1)N(C)C(=O)c1ccc(-c2ccccc2)cc1. The number of amidine groups is 1. The van der Waals surface area contributed by atoms with Crippen molar-refractivity contribution >= 4 is 17.7 Å². The highest BCUT2D eigenvalue weighted by atomic mass is 16.5. The average molecular weight is 520 g/mol. The average Bonchev–Trinajstić information content (AvgIpc) is 2.99. The number of carbonyl (C=O) groups excluding carboxylic acids is 2. The van der Waals surface area contributed by atoms with Crippen LogP contribution in [0.2, 0.25) is 0 Å². The number of nitrogens with zero attached hydrogens (tertiary/aromatic N) is 1. The summed E-state index contributed by atoms with van der Waals surface area (Å²) in [6, 6.07) is 34.1. The lowest BCUT2D eigenvalue weighted by atomic mass is 9.86. The maximum Gasteiger partial charge on any atom is 0.311 e. The number of rotatable bonds is 10. The summed E-state index contributed by atoms with van der Waals surface area (Å²) in [5.74, 6) is -1.27. The van der Waals surface area contributed by atoms with Crippen LogP contribution in [0.1, 0.15) is 27.0 Å². The van der Waals surface area contributed by atoms with E-state index in [4.69, 9.17) is 15.9 Å². The molecule has 39 heavy (non-hydrogen) atoms. The van der Waals surface area contributed by atoms with E-state index in [2.05, 4.69) is 0 Å². The van der Waals surface area contributed by atoms with E-state index in [0.29, 0.717) is 24.0 Å². The zero-order valence-corrected chi connectivity index (χ0v) is 22.2. The number of hydrogen-bond donors (Lipinski definition) is 2. The van der Waals surface area contributed by atoms with Crippen molar-refractivity contribution in [3.05, 3.63) is 131 Å². The van der Waals surface area contributed by atoms with Crippen molar-refractivity contribution in [2.75, 3.05) is 14.2 Å². The van der Waals surface area contributed by atoms with Crippen molar-refractivity contribution in [1.29, 1.82) is 5.41 Å². The van der Waals surface area contributed by atoms with E-state index in [1.165, 1.54) is 7.11 Å². The molecule has 6 nitrogen and oxygen atoms in total. The number of methoxy groups -OCH3 is 1. The third-order valence-electron chi connectivity index (χ3n) is 7.01. The van der Waals surface area contributed by atoms with Gasteiger partial charge >= 0.3 is 5.97 Å². The lowest BCUT2D eigenvalue weighted by molar-refractivity contribution is -0.147. The van der Waals surface area contributed by atoms with E-state index in [1.807, 2.05) is 103 Å². The lowest BCUT2D eigenvalue weighted by Gasteiger charge is -2.34. The van der Waals surface area contributed by atoms with Crippen molar-refractivity contribution in [1.82, 2.24) is 4.90 Å². The Morgan fingerprint density at radius 2 is 1.36 bits per heavy atom. The van der Waals surface area contributed by atoms with Crippen molar-refractivity contribution in [2.24, 2.45) is 11.7 Å². The predicted molar refractivity (Wildman–Crippen MR) is 155 cm³/mol. The zero-order valence-electron chi connectivity index (χ0n) is 22.2. The lowest BCUT2D eigenvalue weighted by Crippen LogP contribution is -2.47. The van der Waals surface area contributed by atoms with Gasteiger partial charge in [-0.3, -0.25) is 15.0 Å². The summed E-state index contributed by atoms with van der Waals surface area (Å²) in [5, 5.41) is 7.79. The third kappa shape index (κ3) is 6.79. The number of amides is 1. The number of esters is 1. The molecule has 0 saturated heterocycles. The first-order valence-corrected chi connectivity index (χ1v) is 12.8. The molecule has 0 bridgehead atoms. The molecule has 198 valence electrons. The van der Waals surface area contributed by atoms with Gasteiger partial charge in [0.05, 0.1) is 13.0 Å². The fourth-order valence-corrected chi connectivity index (χ4v) is 4.84. The maximum atomic E-state index is 13.8. The van der Waals surface area contributed by atoms with Crippen molar-refractivity contribution in [2.45, 2.75) is 18.9 Å². The van der Waals surface area contributed by atoms with Crippen LogP contribution < -0.4 is 5.73 Å². The Hall–Kier alpha value is -4.71. The second-order valence-corrected chi connectivity index (χ2v) is 9.56. The number of carbonyl (C=O) groups is 2. The van der Waals surface area contributed by atoms with Crippen LogP contribution in [-0.4, -0.2) is 42.8 Å². The number of hydrogen-bond acceptors (Lipinski definition) is 4. The van der Waals surface area contributed by atoms with Crippen LogP contribution in [-0.2, 0) is 22.4 Å². The molecule has 0 aliphatic heterocycles. The highest BCUT2D eigenvalue weighted by Crippen LogP contribution is 2.25. The topological polar surface area (TPSA) is 96.5 Å². The van der Waals surface area contributed by atoms with Gasteiger partial charge in [0, 0.05) is 24.2 Å². The zero-order chi connectivity index (χ0) is 27.8. The minimum atomic E-state index is -0.644. The van der Waals surface area contributed by atoms with Gasteiger partial charge in [-0.2, -0.15) is 0 Å². The molecular weight excluding hydrogens is 486 g/mol. The van der Waals surface area contributed by atoms with Crippen LogP contribution in [0.25, 0.3) is 11.1 Å². The van der Waals surface area contributed by atoms with E-state index >= 15 is 0 Å². The molecule has 0 aliphatic rings. The van der Waals surface area contributed by atoms with E-state index in [-0.39, 0.29) is 11.7 Å². The first-order chi connectivity index (χ1) is 18.9. The summed E-state index contributed by atoms with van der Waals surface area (Å²) in [5.41, 5.74) is 10.8. The van der Waals surface area contributed by atoms with Gasteiger partial charge in [0.15, 0.2) is 0 Å². The number of nitrogens with one attached hydrogen (secondary N) is 1. The molecule has 0 aliphatic carbocycles. The quantitative estimate of drug-likeness (QED) is 0.168. The van der Waals surface area contributed by atoms with Gasteiger partial charge < -0.3 is 15.4 Å². The van der Waals surface area contributed by atoms with E-state index in [1.54, 1.807) is 18.0 Å². The Morgan fingerprint density at radius 1 is 0.769 bits per heavy atom. The van der Waals surface area contributed by atoms with Gasteiger partial charge in [0.2, 0.25) is 0 Å². The van der Waals surface area contributed by atoms with E-state index in [0.717, 1.165) is 22.3 Å². The molecule has 0 heterocycles. The van der Waals surface area contributed by atoms with Crippen LogP contribution >= 0.6 is 0 Å². The van der Waals surface area contributed by atoms with Gasteiger partial charge in [-0.25, -0.2) is 0 Å². The van der Waals surface area contributed by atoms with Crippen molar-refractivity contribution < 1.29 is 14.3 Å². The smallest absolute Gasteiger partial charge is 0.311 e. The minimum absolute atomic E-state index is 0.0430. The molecule has 0 aromatic heterocycles. The van der Waals surface area contributed by atoms with Crippen molar-refractivity contribution in [3.63, 3.8) is 0 Å². The Morgan fingerprint density at radius 3 is 1.97 bits per heavy atom. The normalized spacial score (nSPS) is 12.3. The Balaban J connectivity index is 1.67. The van der Waals surface area contributed by atoms with Gasteiger partial charge in [-0.05, 0) is 53.3 Å². The van der Waals surface area contributed by atoms with E-state index in [9.17, 15) is 9.59 Å². The maximum absolute atomic E-state index is 13.8. The van der Waals surface area contributed by atoms with Crippen LogP contribution in [0, 0.1) is 11.3 Å². The molecule has 0 fully saturated rings. The first-order valence-electron chi connectivity index (χ1n) is 12.8. The summed E-state index contributed by atoms with van der Waals surface area (Å²) < 4.78 is 5.24. The molecule has 2 atom stereocenters. The van der Waals surface area contributed by atoms with Crippen molar-refractivity contribution in [3.8, 4) is 11.1 Å². The molecule has 1 amide bonds. The second kappa shape index (κ2) is 12.7. The third-order valence-corrected chi connectivity index (χ3v) is 7.01. The highest BCUT2D eigenvalue weighted by Gasteiger charge is 2.35. The van der Waals surface area contributed by atoms with Gasteiger partial charge in [0.1, 0.15) is 5.84 Å². The molecule has 0 spiro atoms. The summed E-state index contributed by atoms with van der Waals surface area (Å²) in [6.45, 7) is 0. The molecule has 2 unspecified atom stereocenters. The Bertz CT molecular complexity index is 1420. The Labute approximate surface area is 229 Å². The second-order valence-electron chi connectivity index (χ2n) is 9.56. The standard InChI is InChI=1S/C33H33N3O3/c1-36(32(37)27-18-16-26(17-19-27)25-13-7-4-8-14-25)30(22-23-10-5-3-6-11-23)29(33(38)39-2)21-24-12-9-15-28(20-24)31(34)35/h3-20,29-30H,21-22H2,1-2H3,(H3,34,35).